The van der Waals surface area contributed by atoms with Crippen molar-refractivity contribution in [3.05, 3.63) is 0 Å². The monoisotopic (exact) mass is 200 g/mol. The summed E-state index contributed by atoms with van der Waals surface area (Å²) in [5.41, 5.74) is 0. The zero-order valence-corrected chi connectivity index (χ0v) is 10.1. The molecular formula is C11H24N2O. The molecule has 0 radical (unpaired) electrons. The highest BCUT2D eigenvalue weighted by Gasteiger charge is 2.13. The highest BCUT2D eigenvalue weighted by Crippen LogP contribution is 2.11. The number of hydrogen-bond acceptors (Lipinski definition) is 1. The van der Waals surface area contributed by atoms with Crippen LogP contribution in [0.2, 0.25) is 0 Å². The van der Waals surface area contributed by atoms with Crippen LogP contribution in [0.4, 0.5) is 4.79 Å². The van der Waals surface area contributed by atoms with Gasteiger partial charge in [-0.05, 0) is 18.8 Å². The zero-order valence-electron chi connectivity index (χ0n) is 10.1. The van der Waals surface area contributed by atoms with Crippen molar-refractivity contribution in [1.29, 1.82) is 0 Å². The normalized spacial score (nSPS) is 14.6. The highest BCUT2D eigenvalue weighted by atomic mass is 16.2. The predicted octanol–water partition coefficient (Wildman–Crippen LogP) is 2.47. The SMILES string of the molecule is CCC(C[C@@H](C)CC)NC(=O)N(C)C. The number of nitrogens with one attached hydrogen (secondary N) is 1. The quantitative estimate of drug-likeness (QED) is 0.726. The van der Waals surface area contributed by atoms with Crippen molar-refractivity contribution in [3.8, 4) is 0 Å². The van der Waals surface area contributed by atoms with Gasteiger partial charge in [0, 0.05) is 20.1 Å². The first kappa shape index (κ1) is 13.3. The third-order valence-electron chi connectivity index (χ3n) is 2.61. The van der Waals surface area contributed by atoms with Gasteiger partial charge in [0.1, 0.15) is 0 Å². The molecule has 14 heavy (non-hydrogen) atoms. The first-order valence-corrected chi connectivity index (χ1v) is 5.49. The second kappa shape index (κ2) is 6.68. The van der Waals surface area contributed by atoms with Gasteiger partial charge in [0.15, 0.2) is 0 Å². The lowest BCUT2D eigenvalue weighted by Gasteiger charge is -2.22. The summed E-state index contributed by atoms with van der Waals surface area (Å²) in [5, 5.41) is 3.02. The van der Waals surface area contributed by atoms with Crippen molar-refractivity contribution in [3.63, 3.8) is 0 Å². The average Bonchev–Trinajstić information content (AvgIpc) is 2.16. The standard InChI is InChI=1S/C11H24N2O/c1-6-9(3)8-10(7-2)12-11(14)13(4)5/h9-10H,6-8H2,1-5H3,(H,12,14)/t9-,10?/m0/s1. The molecule has 0 spiro atoms. The number of urea groups is 1. The molecule has 1 N–H and O–H groups in total. The van der Waals surface area contributed by atoms with Gasteiger partial charge in [-0.2, -0.15) is 0 Å². The van der Waals surface area contributed by atoms with E-state index >= 15 is 0 Å². The molecule has 0 aromatic heterocycles. The fraction of sp³-hybridized carbons (Fsp3) is 0.909. The molecule has 0 aromatic carbocycles. The van der Waals surface area contributed by atoms with Gasteiger partial charge in [0.2, 0.25) is 0 Å². The summed E-state index contributed by atoms with van der Waals surface area (Å²) in [6.07, 6.45) is 3.25. The molecule has 0 aliphatic heterocycles. The lowest BCUT2D eigenvalue weighted by Crippen LogP contribution is -2.41. The van der Waals surface area contributed by atoms with E-state index in [0.717, 1.165) is 12.8 Å². The van der Waals surface area contributed by atoms with Crippen molar-refractivity contribution in [2.45, 2.75) is 46.1 Å². The summed E-state index contributed by atoms with van der Waals surface area (Å²) in [5.74, 6) is 0.683. The topological polar surface area (TPSA) is 32.3 Å². The molecule has 0 saturated heterocycles. The average molecular weight is 200 g/mol. The summed E-state index contributed by atoms with van der Waals surface area (Å²) in [7, 11) is 3.54. The second-order valence-corrected chi connectivity index (χ2v) is 4.20. The molecule has 0 aromatic rings. The molecule has 0 aliphatic rings. The van der Waals surface area contributed by atoms with Crippen molar-refractivity contribution < 1.29 is 4.79 Å². The van der Waals surface area contributed by atoms with E-state index in [1.54, 1.807) is 19.0 Å². The van der Waals surface area contributed by atoms with Crippen LogP contribution in [0.1, 0.15) is 40.0 Å². The summed E-state index contributed by atoms with van der Waals surface area (Å²) in [6, 6.07) is 0.333. The van der Waals surface area contributed by atoms with Crippen LogP contribution in [0.5, 0.6) is 0 Å². The fourth-order valence-electron chi connectivity index (χ4n) is 1.28. The molecule has 0 heterocycles. The maximum atomic E-state index is 11.4. The summed E-state index contributed by atoms with van der Waals surface area (Å²) >= 11 is 0. The molecule has 3 nitrogen and oxygen atoms in total. The second-order valence-electron chi connectivity index (χ2n) is 4.20. The van der Waals surface area contributed by atoms with E-state index in [0.29, 0.717) is 12.0 Å². The number of hydrogen-bond donors (Lipinski definition) is 1. The molecule has 0 rings (SSSR count). The highest BCUT2D eigenvalue weighted by molar-refractivity contribution is 5.73. The van der Waals surface area contributed by atoms with E-state index < -0.39 is 0 Å². The molecule has 0 fully saturated rings. The van der Waals surface area contributed by atoms with E-state index in [1.165, 1.54) is 6.42 Å². The molecular weight excluding hydrogens is 176 g/mol. The molecule has 1 unspecified atom stereocenters. The molecule has 0 bridgehead atoms. The van der Waals surface area contributed by atoms with E-state index in [9.17, 15) is 4.79 Å². The van der Waals surface area contributed by atoms with Crippen LogP contribution in [0.15, 0.2) is 0 Å². The predicted molar refractivity (Wildman–Crippen MR) is 60.4 cm³/mol. The van der Waals surface area contributed by atoms with Gasteiger partial charge in [-0.25, -0.2) is 4.79 Å². The van der Waals surface area contributed by atoms with Gasteiger partial charge >= 0.3 is 6.03 Å². The molecule has 2 atom stereocenters. The van der Waals surface area contributed by atoms with E-state index in [1.807, 2.05) is 0 Å². The van der Waals surface area contributed by atoms with Crippen molar-refractivity contribution in [2.75, 3.05) is 14.1 Å². The molecule has 0 saturated carbocycles. The number of amides is 2. The summed E-state index contributed by atoms with van der Waals surface area (Å²) in [4.78, 5) is 13.0. The number of carbonyl (C=O) groups is 1. The van der Waals surface area contributed by atoms with Crippen LogP contribution < -0.4 is 5.32 Å². The lowest BCUT2D eigenvalue weighted by atomic mass is 9.98. The van der Waals surface area contributed by atoms with E-state index in [-0.39, 0.29) is 6.03 Å². The Bertz CT molecular complexity index is 169. The smallest absolute Gasteiger partial charge is 0.317 e. The number of carbonyl (C=O) groups excluding carboxylic acids is 1. The minimum atomic E-state index is 0.0140. The van der Waals surface area contributed by atoms with Crippen molar-refractivity contribution in [1.82, 2.24) is 10.2 Å². The minimum Gasteiger partial charge on any atom is -0.335 e. The molecule has 84 valence electrons. The first-order chi connectivity index (χ1) is 6.51. The van der Waals surface area contributed by atoms with Crippen LogP contribution in [-0.4, -0.2) is 31.1 Å². The Morgan fingerprint density at radius 2 is 1.86 bits per heavy atom. The largest absolute Gasteiger partial charge is 0.335 e. The van der Waals surface area contributed by atoms with Crippen molar-refractivity contribution in [2.24, 2.45) is 5.92 Å². The Kier molecular flexibility index (Phi) is 6.34. The van der Waals surface area contributed by atoms with Gasteiger partial charge in [-0.3, -0.25) is 0 Å². The number of rotatable bonds is 5. The molecule has 0 aliphatic carbocycles. The third-order valence-corrected chi connectivity index (χ3v) is 2.61. The van der Waals surface area contributed by atoms with Crippen LogP contribution >= 0.6 is 0 Å². The maximum Gasteiger partial charge on any atom is 0.317 e. The zero-order chi connectivity index (χ0) is 11.1. The lowest BCUT2D eigenvalue weighted by molar-refractivity contribution is 0.210. The maximum absolute atomic E-state index is 11.4. The Labute approximate surface area is 87.9 Å². The van der Waals surface area contributed by atoms with E-state index in [4.69, 9.17) is 0 Å². The van der Waals surface area contributed by atoms with Crippen LogP contribution in [0.3, 0.4) is 0 Å². The molecule has 2 amide bonds. The third kappa shape index (κ3) is 5.10. The van der Waals surface area contributed by atoms with Crippen LogP contribution in [-0.2, 0) is 0 Å². The van der Waals surface area contributed by atoms with E-state index in [2.05, 4.69) is 26.1 Å². The van der Waals surface area contributed by atoms with Gasteiger partial charge in [0.05, 0.1) is 0 Å². The summed E-state index contributed by atoms with van der Waals surface area (Å²) < 4.78 is 0. The van der Waals surface area contributed by atoms with Crippen LogP contribution in [0, 0.1) is 5.92 Å². The summed E-state index contributed by atoms with van der Waals surface area (Å²) in [6.45, 7) is 6.53. The van der Waals surface area contributed by atoms with Crippen molar-refractivity contribution >= 4 is 6.03 Å². The minimum absolute atomic E-state index is 0.0140. The molecule has 3 heteroatoms. The van der Waals surface area contributed by atoms with Gasteiger partial charge in [-0.1, -0.05) is 27.2 Å². The van der Waals surface area contributed by atoms with Crippen LogP contribution in [0.25, 0.3) is 0 Å². The fourth-order valence-corrected chi connectivity index (χ4v) is 1.28. The Morgan fingerprint density at radius 3 is 2.21 bits per heavy atom. The number of nitrogens with zero attached hydrogens (tertiary/aromatic N) is 1. The van der Waals surface area contributed by atoms with Gasteiger partial charge < -0.3 is 10.2 Å². The Hall–Kier alpha value is -0.730. The Morgan fingerprint density at radius 1 is 1.29 bits per heavy atom. The first-order valence-electron chi connectivity index (χ1n) is 5.49. The Balaban J connectivity index is 3.96. The van der Waals surface area contributed by atoms with Gasteiger partial charge in [0.25, 0.3) is 0 Å². The van der Waals surface area contributed by atoms with Gasteiger partial charge in [-0.15, -0.1) is 0 Å².